The summed E-state index contributed by atoms with van der Waals surface area (Å²) in [4.78, 5) is 10.9. The van der Waals surface area contributed by atoms with Crippen LogP contribution in [0.15, 0.2) is 12.3 Å². The van der Waals surface area contributed by atoms with E-state index in [0.29, 0.717) is 11.6 Å². The average molecular weight is 252 g/mol. The van der Waals surface area contributed by atoms with Gasteiger partial charge in [-0.25, -0.2) is 9.97 Å². The van der Waals surface area contributed by atoms with E-state index in [4.69, 9.17) is 18.0 Å². The summed E-state index contributed by atoms with van der Waals surface area (Å²) in [6, 6.07) is 1.70. The molecule has 3 N–H and O–H groups in total. The monoisotopic (exact) mass is 252 g/mol. The second-order valence-corrected chi connectivity index (χ2v) is 4.78. The number of nitrogens with two attached hydrogens (primary N) is 1. The summed E-state index contributed by atoms with van der Waals surface area (Å²) >= 11 is 4.89. The van der Waals surface area contributed by atoms with Gasteiger partial charge in [0, 0.05) is 25.2 Å². The molecule has 5 nitrogen and oxygen atoms in total. The van der Waals surface area contributed by atoms with Gasteiger partial charge in [-0.3, -0.25) is 0 Å². The summed E-state index contributed by atoms with van der Waals surface area (Å²) in [7, 11) is 0. The highest BCUT2D eigenvalue weighted by atomic mass is 32.1. The van der Waals surface area contributed by atoms with E-state index in [-0.39, 0.29) is 17.0 Å². The fourth-order valence-corrected chi connectivity index (χ4v) is 2.11. The van der Waals surface area contributed by atoms with Crippen molar-refractivity contribution in [2.75, 3.05) is 18.0 Å². The SMILES string of the molecule is CC(O)C1CCN(c2nccc(C(N)=S)n2)C1. The molecule has 1 saturated heterocycles. The Labute approximate surface area is 106 Å². The highest BCUT2D eigenvalue weighted by Gasteiger charge is 2.27. The maximum atomic E-state index is 9.55. The van der Waals surface area contributed by atoms with Crippen LogP contribution in [0.2, 0.25) is 0 Å². The van der Waals surface area contributed by atoms with Gasteiger partial charge in [0.1, 0.15) is 10.7 Å². The number of hydrogen-bond donors (Lipinski definition) is 2. The Kier molecular flexibility index (Phi) is 3.54. The van der Waals surface area contributed by atoms with Crippen molar-refractivity contribution in [3.05, 3.63) is 18.0 Å². The molecule has 1 aliphatic rings. The summed E-state index contributed by atoms with van der Waals surface area (Å²) in [5, 5.41) is 9.55. The molecule has 0 amide bonds. The van der Waals surface area contributed by atoms with Crippen molar-refractivity contribution in [2.24, 2.45) is 11.7 Å². The van der Waals surface area contributed by atoms with Crippen LogP contribution in [0.5, 0.6) is 0 Å². The highest BCUT2D eigenvalue weighted by Crippen LogP contribution is 2.23. The zero-order valence-electron chi connectivity index (χ0n) is 9.71. The van der Waals surface area contributed by atoms with Crippen LogP contribution in [0.4, 0.5) is 5.95 Å². The Bertz CT molecular complexity index is 424. The molecule has 0 saturated carbocycles. The predicted octanol–water partition coefficient (Wildman–Crippen LogP) is 0.318. The lowest BCUT2D eigenvalue weighted by Crippen LogP contribution is -2.26. The third-order valence-electron chi connectivity index (χ3n) is 3.09. The van der Waals surface area contributed by atoms with E-state index in [1.165, 1.54) is 0 Å². The maximum absolute atomic E-state index is 9.55. The van der Waals surface area contributed by atoms with Crippen molar-refractivity contribution in [1.29, 1.82) is 0 Å². The van der Waals surface area contributed by atoms with E-state index in [1.807, 2.05) is 6.92 Å². The Morgan fingerprint density at radius 2 is 2.47 bits per heavy atom. The van der Waals surface area contributed by atoms with Crippen LogP contribution in [0, 0.1) is 5.92 Å². The minimum Gasteiger partial charge on any atom is -0.393 e. The van der Waals surface area contributed by atoms with Crippen LogP contribution in [-0.2, 0) is 0 Å². The van der Waals surface area contributed by atoms with Crippen LogP contribution in [0.1, 0.15) is 19.0 Å². The molecule has 17 heavy (non-hydrogen) atoms. The van der Waals surface area contributed by atoms with E-state index in [0.717, 1.165) is 19.5 Å². The molecule has 1 aliphatic heterocycles. The third kappa shape index (κ3) is 2.70. The van der Waals surface area contributed by atoms with Crippen molar-refractivity contribution < 1.29 is 5.11 Å². The van der Waals surface area contributed by atoms with Crippen molar-refractivity contribution in [2.45, 2.75) is 19.4 Å². The first-order valence-electron chi connectivity index (χ1n) is 5.64. The maximum Gasteiger partial charge on any atom is 0.225 e. The molecule has 1 aromatic rings. The molecule has 6 heteroatoms. The molecular formula is C11H16N4OS. The molecule has 0 aromatic carbocycles. The van der Waals surface area contributed by atoms with Gasteiger partial charge >= 0.3 is 0 Å². The lowest BCUT2D eigenvalue weighted by Gasteiger charge is -2.17. The molecule has 0 spiro atoms. The fourth-order valence-electron chi connectivity index (χ4n) is 2.00. The zero-order chi connectivity index (χ0) is 12.4. The molecule has 0 bridgehead atoms. The lowest BCUT2D eigenvalue weighted by molar-refractivity contribution is 0.136. The number of nitrogens with zero attached hydrogens (tertiary/aromatic N) is 3. The minimum absolute atomic E-state index is 0.278. The summed E-state index contributed by atoms with van der Waals surface area (Å²) in [6.45, 7) is 3.45. The Morgan fingerprint density at radius 1 is 1.71 bits per heavy atom. The first-order valence-corrected chi connectivity index (χ1v) is 6.04. The molecular weight excluding hydrogens is 236 g/mol. The largest absolute Gasteiger partial charge is 0.393 e. The van der Waals surface area contributed by atoms with Crippen molar-refractivity contribution in [3.8, 4) is 0 Å². The van der Waals surface area contributed by atoms with E-state index >= 15 is 0 Å². The quantitative estimate of drug-likeness (QED) is 0.755. The summed E-state index contributed by atoms with van der Waals surface area (Å²) < 4.78 is 0. The van der Waals surface area contributed by atoms with Crippen LogP contribution in [-0.4, -0.2) is 39.3 Å². The second kappa shape index (κ2) is 4.93. The van der Waals surface area contributed by atoms with E-state index in [9.17, 15) is 5.11 Å². The van der Waals surface area contributed by atoms with Crippen LogP contribution in [0.3, 0.4) is 0 Å². The molecule has 0 aliphatic carbocycles. The highest BCUT2D eigenvalue weighted by molar-refractivity contribution is 7.80. The predicted molar refractivity (Wildman–Crippen MR) is 69.9 cm³/mol. The summed E-state index contributed by atoms with van der Waals surface area (Å²) in [5.74, 6) is 0.922. The topological polar surface area (TPSA) is 75.3 Å². The number of aliphatic hydroxyl groups excluding tert-OH is 1. The van der Waals surface area contributed by atoms with Gasteiger partial charge in [0.05, 0.1) is 6.10 Å². The van der Waals surface area contributed by atoms with Gasteiger partial charge in [0.2, 0.25) is 5.95 Å². The number of anilines is 1. The standard InChI is InChI=1S/C11H16N4OS/c1-7(16)8-3-5-15(6-8)11-13-4-2-9(14-11)10(12)17/h2,4,7-8,16H,3,5-6H2,1H3,(H2,12,17). The normalized spacial score (nSPS) is 21.5. The van der Waals surface area contributed by atoms with E-state index in [1.54, 1.807) is 12.3 Å². The van der Waals surface area contributed by atoms with Gasteiger partial charge in [0.25, 0.3) is 0 Å². The first kappa shape index (κ1) is 12.2. The second-order valence-electron chi connectivity index (χ2n) is 4.34. The molecule has 2 rings (SSSR count). The van der Waals surface area contributed by atoms with Crippen molar-refractivity contribution >= 4 is 23.2 Å². The van der Waals surface area contributed by atoms with Crippen molar-refractivity contribution in [1.82, 2.24) is 9.97 Å². The first-order chi connectivity index (χ1) is 8.08. The van der Waals surface area contributed by atoms with Crippen LogP contribution in [0.25, 0.3) is 0 Å². The van der Waals surface area contributed by atoms with Crippen LogP contribution >= 0.6 is 12.2 Å². The van der Waals surface area contributed by atoms with Gasteiger partial charge < -0.3 is 15.7 Å². The minimum atomic E-state index is -0.293. The van der Waals surface area contributed by atoms with E-state index in [2.05, 4.69) is 14.9 Å². The van der Waals surface area contributed by atoms with Crippen LogP contribution < -0.4 is 10.6 Å². The average Bonchev–Trinajstić information content (AvgIpc) is 2.78. The number of aliphatic hydroxyl groups is 1. The van der Waals surface area contributed by atoms with Gasteiger partial charge in [-0.15, -0.1) is 0 Å². The summed E-state index contributed by atoms with van der Waals surface area (Å²) in [5.41, 5.74) is 6.13. The number of rotatable bonds is 3. The van der Waals surface area contributed by atoms with Gasteiger partial charge in [-0.05, 0) is 19.4 Å². The smallest absolute Gasteiger partial charge is 0.225 e. The summed E-state index contributed by atoms with van der Waals surface area (Å²) in [6.07, 6.45) is 2.32. The lowest BCUT2D eigenvalue weighted by atomic mass is 10.0. The number of hydrogen-bond acceptors (Lipinski definition) is 5. The molecule has 2 heterocycles. The molecule has 2 atom stereocenters. The molecule has 92 valence electrons. The number of aromatic nitrogens is 2. The van der Waals surface area contributed by atoms with Gasteiger partial charge in [-0.2, -0.15) is 0 Å². The molecule has 0 radical (unpaired) electrons. The van der Waals surface area contributed by atoms with Gasteiger partial charge in [-0.1, -0.05) is 12.2 Å². The Balaban J connectivity index is 2.13. The zero-order valence-corrected chi connectivity index (χ0v) is 10.5. The molecule has 1 fully saturated rings. The Hall–Kier alpha value is -1.27. The third-order valence-corrected chi connectivity index (χ3v) is 3.29. The van der Waals surface area contributed by atoms with Crippen molar-refractivity contribution in [3.63, 3.8) is 0 Å². The fraction of sp³-hybridized carbons (Fsp3) is 0.545. The molecule has 1 aromatic heterocycles. The number of thiocarbonyl (C=S) groups is 1. The van der Waals surface area contributed by atoms with Gasteiger partial charge in [0.15, 0.2) is 0 Å². The Morgan fingerprint density at radius 3 is 3.06 bits per heavy atom. The van der Waals surface area contributed by atoms with E-state index < -0.39 is 0 Å². The molecule has 2 unspecified atom stereocenters.